The number of hydrogen-bond acceptors (Lipinski definition) is 5. The van der Waals surface area contributed by atoms with Crippen LogP contribution in [0.15, 0.2) is 65.2 Å². The van der Waals surface area contributed by atoms with Gasteiger partial charge in [-0.15, -0.1) is 11.6 Å². The molecule has 1 N–H and O–H groups in total. The van der Waals surface area contributed by atoms with Crippen LogP contribution in [0.1, 0.15) is 37.5 Å². The third-order valence-electron chi connectivity index (χ3n) is 5.12. The molecule has 0 heterocycles. The average molecular weight is 551 g/mol. The molecule has 0 aliphatic carbocycles. The molecule has 0 saturated carbocycles. The van der Waals surface area contributed by atoms with Gasteiger partial charge in [0.1, 0.15) is 30.9 Å². The number of benzene rings is 2. The Labute approximate surface area is 223 Å². The van der Waals surface area contributed by atoms with Gasteiger partial charge in [0.15, 0.2) is 5.75 Å². The van der Waals surface area contributed by atoms with Crippen LogP contribution in [0.4, 0.5) is 0 Å². The molecule has 7 nitrogen and oxygen atoms in total. The summed E-state index contributed by atoms with van der Waals surface area (Å²) in [4.78, 5) is 0. The predicted octanol–water partition coefficient (Wildman–Crippen LogP) is 5.57. The molecule has 2 rings (SSSR count). The molecule has 0 saturated heterocycles. The summed E-state index contributed by atoms with van der Waals surface area (Å²) in [6.07, 6.45) is 4.25. The molecule has 0 spiro atoms. The van der Waals surface area contributed by atoms with Crippen LogP contribution in [-0.2, 0) is 15.4 Å². The standard InChI is InChI=1S/C26H29Cl2N3O4S/c1-18(10-12-30-19(2)31-36(5,32)33)17-35-23-8-6-21(7-9-23)26(3,4)22-14-20(16-29)25(24(28)15-22)34-13-11-27/h6-10,12,14-15H,1,11,13,17H2,2-5H3,(H,30,31)/b12-10-. The smallest absolute Gasteiger partial charge is 0.251 e. The highest BCUT2D eigenvalue weighted by molar-refractivity contribution is 7.89. The number of rotatable bonds is 11. The van der Waals surface area contributed by atoms with Crippen LogP contribution in [0.3, 0.4) is 0 Å². The maximum absolute atomic E-state index is 11.1. The fourth-order valence-electron chi connectivity index (χ4n) is 3.24. The molecule has 0 radical (unpaired) electrons. The highest BCUT2D eigenvalue weighted by atomic mass is 35.5. The van der Waals surface area contributed by atoms with Gasteiger partial charge in [-0.2, -0.15) is 9.66 Å². The van der Waals surface area contributed by atoms with Crippen molar-refractivity contribution in [3.63, 3.8) is 0 Å². The first kappa shape index (κ1) is 29.2. The number of halogens is 2. The van der Waals surface area contributed by atoms with Crippen LogP contribution < -0.4 is 14.8 Å². The Bertz CT molecular complexity index is 1300. The van der Waals surface area contributed by atoms with Gasteiger partial charge < -0.3 is 14.8 Å². The third-order valence-corrected chi connectivity index (χ3v) is 6.16. The lowest BCUT2D eigenvalue weighted by molar-refractivity contribution is 0.341. The third kappa shape index (κ3) is 8.59. The zero-order valence-corrected chi connectivity index (χ0v) is 23.0. The average Bonchev–Trinajstić information content (AvgIpc) is 2.80. The van der Waals surface area contributed by atoms with Crippen molar-refractivity contribution >= 4 is 39.1 Å². The zero-order valence-electron chi connectivity index (χ0n) is 20.6. The Kier molecular flexibility index (Phi) is 10.4. The van der Waals surface area contributed by atoms with Crippen molar-refractivity contribution in [3.05, 3.63) is 82.5 Å². The van der Waals surface area contributed by atoms with Crippen LogP contribution in [-0.4, -0.2) is 39.6 Å². The van der Waals surface area contributed by atoms with E-state index in [1.807, 2.05) is 44.2 Å². The Morgan fingerprint density at radius 3 is 2.47 bits per heavy atom. The molecule has 10 heteroatoms. The minimum Gasteiger partial charge on any atom is -0.489 e. The number of sulfonamides is 1. The van der Waals surface area contributed by atoms with Crippen LogP contribution in [0.2, 0.25) is 5.02 Å². The summed E-state index contributed by atoms with van der Waals surface area (Å²) in [5, 5.41) is 12.7. The highest BCUT2D eigenvalue weighted by Crippen LogP contribution is 2.38. The molecule has 0 unspecified atom stereocenters. The van der Waals surface area contributed by atoms with Gasteiger partial charge in [-0.25, -0.2) is 8.42 Å². The second-order valence-electron chi connectivity index (χ2n) is 8.47. The SMILES string of the molecule is C=C(/C=C\N/C(C)=N\S(C)(=O)=O)COc1ccc(C(C)(C)c2cc(Cl)c(OCCCl)c(C#N)c2)cc1. The van der Waals surface area contributed by atoms with Crippen LogP contribution >= 0.6 is 23.2 Å². The van der Waals surface area contributed by atoms with Crippen LogP contribution in [0.5, 0.6) is 11.5 Å². The van der Waals surface area contributed by atoms with E-state index >= 15 is 0 Å². The number of nitrogens with zero attached hydrogens (tertiary/aromatic N) is 2. The van der Waals surface area contributed by atoms with E-state index in [0.717, 1.165) is 17.4 Å². The monoisotopic (exact) mass is 549 g/mol. The van der Waals surface area contributed by atoms with Gasteiger partial charge >= 0.3 is 0 Å². The van der Waals surface area contributed by atoms with Crippen LogP contribution in [0.25, 0.3) is 0 Å². The maximum atomic E-state index is 11.1. The quantitative estimate of drug-likeness (QED) is 0.170. The first-order chi connectivity index (χ1) is 16.9. The number of amidine groups is 1. The fraction of sp³-hybridized carbons (Fsp3) is 0.308. The van der Waals surface area contributed by atoms with Gasteiger partial charge in [-0.1, -0.05) is 44.2 Å². The highest BCUT2D eigenvalue weighted by Gasteiger charge is 2.26. The van der Waals surface area contributed by atoms with Crippen molar-refractivity contribution in [2.45, 2.75) is 26.2 Å². The van der Waals surface area contributed by atoms with E-state index in [4.69, 9.17) is 32.7 Å². The van der Waals surface area contributed by atoms with E-state index in [2.05, 4.69) is 22.4 Å². The van der Waals surface area contributed by atoms with Gasteiger partial charge in [-0.05, 0) is 54.0 Å². The zero-order chi connectivity index (χ0) is 26.9. The van der Waals surface area contributed by atoms with E-state index in [0.29, 0.717) is 33.5 Å². The summed E-state index contributed by atoms with van der Waals surface area (Å²) < 4.78 is 37.1. The summed E-state index contributed by atoms with van der Waals surface area (Å²) in [5.74, 6) is 1.54. The van der Waals surface area contributed by atoms with Gasteiger partial charge in [-0.3, -0.25) is 0 Å². The summed E-state index contributed by atoms with van der Waals surface area (Å²) in [5.41, 5.74) is 2.47. The van der Waals surface area contributed by atoms with Gasteiger partial charge in [0.2, 0.25) is 0 Å². The van der Waals surface area contributed by atoms with E-state index in [9.17, 15) is 13.7 Å². The summed E-state index contributed by atoms with van der Waals surface area (Å²) in [7, 11) is -3.45. The van der Waals surface area contributed by atoms with E-state index in [-0.39, 0.29) is 19.0 Å². The fourth-order valence-corrected chi connectivity index (χ4v) is 4.14. The molecule has 0 bridgehead atoms. The Balaban J connectivity index is 2.07. The number of ether oxygens (including phenoxy) is 2. The summed E-state index contributed by atoms with van der Waals surface area (Å²) in [6, 6.07) is 13.4. The first-order valence-corrected chi connectivity index (χ1v) is 13.7. The molecule has 0 aliphatic rings. The number of nitrogens with one attached hydrogen (secondary N) is 1. The number of alkyl halides is 1. The molecule has 0 atom stereocenters. The lowest BCUT2D eigenvalue weighted by Gasteiger charge is -2.27. The van der Waals surface area contributed by atoms with Crippen LogP contribution in [0, 0.1) is 11.3 Å². The Hall–Kier alpha value is -2.99. The number of hydrogen-bond donors (Lipinski definition) is 1. The van der Waals surface area contributed by atoms with Crippen molar-refractivity contribution in [1.29, 1.82) is 5.26 Å². The normalized spacial score (nSPS) is 12.3. The van der Waals surface area contributed by atoms with Gasteiger partial charge in [0, 0.05) is 11.6 Å². The molecular weight excluding hydrogens is 521 g/mol. The Morgan fingerprint density at radius 1 is 1.22 bits per heavy atom. The molecule has 192 valence electrons. The van der Waals surface area contributed by atoms with E-state index in [1.54, 1.807) is 25.3 Å². The molecule has 36 heavy (non-hydrogen) atoms. The molecule has 2 aromatic carbocycles. The van der Waals surface area contributed by atoms with E-state index < -0.39 is 15.4 Å². The second-order valence-corrected chi connectivity index (χ2v) is 10.9. The van der Waals surface area contributed by atoms with Gasteiger partial charge in [0.25, 0.3) is 10.0 Å². The lowest BCUT2D eigenvalue weighted by Crippen LogP contribution is -2.19. The molecule has 0 fully saturated rings. The van der Waals surface area contributed by atoms with Crippen molar-refractivity contribution in [2.24, 2.45) is 4.40 Å². The minimum atomic E-state index is -3.45. The molecule has 0 amide bonds. The topological polar surface area (TPSA) is 101 Å². The van der Waals surface area contributed by atoms with Gasteiger partial charge in [0.05, 0.1) is 22.7 Å². The summed E-state index contributed by atoms with van der Waals surface area (Å²) in [6.45, 7) is 10.1. The molecule has 2 aromatic rings. The van der Waals surface area contributed by atoms with Crippen molar-refractivity contribution in [1.82, 2.24) is 5.32 Å². The predicted molar refractivity (Wildman–Crippen MR) is 146 cm³/mol. The largest absolute Gasteiger partial charge is 0.489 e. The van der Waals surface area contributed by atoms with Crippen molar-refractivity contribution < 1.29 is 17.9 Å². The minimum absolute atomic E-state index is 0.244. The Morgan fingerprint density at radius 2 is 1.89 bits per heavy atom. The number of nitriles is 1. The lowest BCUT2D eigenvalue weighted by atomic mass is 9.77. The molecule has 0 aliphatic heterocycles. The van der Waals surface area contributed by atoms with E-state index in [1.165, 1.54) is 0 Å². The molecule has 0 aromatic heterocycles. The van der Waals surface area contributed by atoms with Crippen molar-refractivity contribution in [3.8, 4) is 17.6 Å². The second kappa shape index (κ2) is 12.8. The van der Waals surface area contributed by atoms with Crippen molar-refractivity contribution in [2.75, 3.05) is 25.3 Å². The molecular formula is C26H29Cl2N3O4S. The summed E-state index contributed by atoms with van der Waals surface area (Å²) >= 11 is 12.1. The first-order valence-electron chi connectivity index (χ1n) is 10.9. The maximum Gasteiger partial charge on any atom is 0.251 e.